The highest BCUT2D eigenvalue weighted by atomic mass is 19.2. The summed E-state index contributed by atoms with van der Waals surface area (Å²) in [6.45, 7) is 9.28. The molecule has 3 nitrogen and oxygen atoms in total. The molecule has 0 saturated carbocycles. The Morgan fingerprint density at radius 1 is 1.16 bits per heavy atom. The van der Waals surface area contributed by atoms with Crippen LogP contribution in [-0.2, 0) is 6.54 Å². The average Bonchev–Trinajstić information content (AvgIpc) is 2.72. The fourth-order valence-corrected chi connectivity index (χ4v) is 1.91. The molecule has 0 spiro atoms. The Kier molecular flexibility index (Phi) is 4.06. The highest BCUT2D eigenvalue weighted by Gasteiger charge is 2.10. The molecular weight excluding hydrogens is 248 g/mol. The molecule has 0 bridgehead atoms. The molecule has 0 radical (unpaired) electrons. The molecule has 19 heavy (non-hydrogen) atoms. The van der Waals surface area contributed by atoms with Crippen LogP contribution in [0.5, 0.6) is 0 Å². The second kappa shape index (κ2) is 5.75. The fourth-order valence-electron chi connectivity index (χ4n) is 1.91. The lowest BCUT2D eigenvalue weighted by atomic mass is 10.3. The number of benzene rings is 1. The Hall–Kier alpha value is -2.01. The molecule has 1 N–H and O–H groups in total. The van der Waals surface area contributed by atoms with Crippen LogP contribution in [0.25, 0.3) is 11.0 Å². The maximum atomic E-state index is 13.1. The van der Waals surface area contributed by atoms with Gasteiger partial charge in [0.15, 0.2) is 11.6 Å². The number of H-pyrrole nitrogens is 1. The molecular formula is C14H15F2N3. The van der Waals surface area contributed by atoms with Crippen molar-refractivity contribution in [1.29, 1.82) is 0 Å². The van der Waals surface area contributed by atoms with Crippen LogP contribution >= 0.6 is 0 Å². The number of halogens is 2. The lowest BCUT2D eigenvalue weighted by molar-refractivity contribution is 0.320. The number of hydrogen-bond acceptors (Lipinski definition) is 2. The van der Waals surface area contributed by atoms with E-state index in [0.717, 1.165) is 12.1 Å². The van der Waals surface area contributed by atoms with Crippen molar-refractivity contribution < 1.29 is 8.78 Å². The topological polar surface area (TPSA) is 31.9 Å². The maximum absolute atomic E-state index is 13.1. The molecule has 0 amide bonds. The molecule has 0 saturated heterocycles. The van der Waals surface area contributed by atoms with Crippen LogP contribution in [0.1, 0.15) is 5.82 Å². The van der Waals surface area contributed by atoms with Gasteiger partial charge in [0.25, 0.3) is 0 Å². The molecule has 0 aliphatic rings. The SMILES string of the molecule is C=CCN(CC=C)Cc1nc2cc(F)c(F)cc2[nH]1. The molecule has 5 heteroatoms. The molecule has 1 heterocycles. The second-order valence-electron chi connectivity index (χ2n) is 4.24. The van der Waals surface area contributed by atoms with Crippen LogP contribution in [-0.4, -0.2) is 28.0 Å². The zero-order valence-corrected chi connectivity index (χ0v) is 10.5. The first kappa shape index (κ1) is 13.4. The third-order valence-corrected chi connectivity index (χ3v) is 2.72. The Labute approximate surface area is 110 Å². The zero-order chi connectivity index (χ0) is 13.8. The van der Waals surface area contributed by atoms with Crippen LogP contribution in [0.3, 0.4) is 0 Å². The van der Waals surface area contributed by atoms with E-state index >= 15 is 0 Å². The number of fused-ring (bicyclic) bond motifs is 1. The van der Waals surface area contributed by atoms with Gasteiger partial charge in [-0.1, -0.05) is 12.2 Å². The summed E-state index contributed by atoms with van der Waals surface area (Å²) < 4.78 is 26.2. The van der Waals surface area contributed by atoms with Gasteiger partial charge in [-0.3, -0.25) is 4.90 Å². The molecule has 2 rings (SSSR count). The van der Waals surface area contributed by atoms with E-state index < -0.39 is 11.6 Å². The molecule has 0 atom stereocenters. The molecule has 1 aromatic carbocycles. The van der Waals surface area contributed by atoms with Gasteiger partial charge in [0.1, 0.15) is 5.82 Å². The van der Waals surface area contributed by atoms with Crippen LogP contribution in [0, 0.1) is 11.6 Å². The number of rotatable bonds is 6. The van der Waals surface area contributed by atoms with E-state index in [1.165, 1.54) is 0 Å². The number of imidazole rings is 1. The maximum Gasteiger partial charge on any atom is 0.161 e. The number of hydrogen-bond donors (Lipinski definition) is 1. The number of nitrogens with one attached hydrogen (secondary N) is 1. The van der Waals surface area contributed by atoms with Crippen molar-refractivity contribution in [2.75, 3.05) is 13.1 Å². The van der Waals surface area contributed by atoms with E-state index in [1.54, 1.807) is 12.2 Å². The minimum absolute atomic E-state index is 0.422. The van der Waals surface area contributed by atoms with Crippen molar-refractivity contribution >= 4 is 11.0 Å². The monoisotopic (exact) mass is 263 g/mol. The number of aromatic amines is 1. The lowest BCUT2D eigenvalue weighted by Crippen LogP contribution is -2.23. The van der Waals surface area contributed by atoms with E-state index in [2.05, 4.69) is 23.1 Å². The standard InChI is InChI=1S/C14H15F2N3/c1-3-5-19(6-4-2)9-14-17-12-7-10(15)11(16)8-13(12)18-14/h3-4,7-8H,1-2,5-6,9H2,(H,17,18). The van der Waals surface area contributed by atoms with Crippen LogP contribution < -0.4 is 0 Å². The van der Waals surface area contributed by atoms with Crippen LogP contribution in [0.15, 0.2) is 37.4 Å². The lowest BCUT2D eigenvalue weighted by Gasteiger charge is -2.16. The van der Waals surface area contributed by atoms with Crippen molar-refractivity contribution in [3.8, 4) is 0 Å². The predicted octanol–water partition coefficient (Wildman–Crippen LogP) is 3.02. The molecule has 2 aromatic rings. The fraction of sp³-hybridized carbons (Fsp3) is 0.214. The van der Waals surface area contributed by atoms with Gasteiger partial charge in [0.2, 0.25) is 0 Å². The molecule has 100 valence electrons. The number of nitrogens with zero attached hydrogens (tertiary/aromatic N) is 2. The normalized spacial score (nSPS) is 11.1. The summed E-state index contributed by atoms with van der Waals surface area (Å²) in [5.74, 6) is -1.11. The van der Waals surface area contributed by atoms with Gasteiger partial charge < -0.3 is 4.98 Å². The van der Waals surface area contributed by atoms with Gasteiger partial charge in [-0.25, -0.2) is 13.8 Å². The highest BCUT2D eigenvalue weighted by Crippen LogP contribution is 2.17. The minimum atomic E-state index is -0.889. The summed E-state index contributed by atoms with van der Waals surface area (Å²) in [6.07, 6.45) is 3.57. The summed E-state index contributed by atoms with van der Waals surface area (Å²) in [7, 11) is 0. The van der Waals surface area contributed by atoms with Crippen LogP contribution in [0.2, 0.25) is 0 Å². The first-order valence-electron chi connectivity index (χ1n) is 5.92. The van der Waals surface area contributed by atoms with Crippen molar-refractivity contribution in [1.82, 2.24) is 14.9 Å². The quantitative estimate of drug-likeness (QED) is 0.812. The van der Waals surface area contributed by atoms with Gasteiger partial charge in [0.05, 0.1) is 17.6 Å². The van der Waals surface area contributed by atoms with Gasteiger partial charge in [-0.2, -0.15) is 0 Å². The summed E-state index contributed by atoms with van der Waals surface area (Å²) in [4.78, 5) is 9.28. The van der Waals surface area contributed by atoms with Gasteiger partial charge in [-0.05, 0) is 0 Å². The Morgan fingerprint density at radius 2 is 1.79 bits per heavy atom. The minimum Gasteiger partial charge on any atom is -0.341 e. The van der Waals surface area contributed by atoms with E-state index in [9.17, 15) is 8.78 Å². The number of aromatic nitrogens is 2. The van der Waals surface area contributed by atoms with Crippen molar-refractivity contribution in [3.05, 3.63) is 54.9 Å². The summed E-state index contributed by atoms with van der Waals surface area (Å²) in [5.41, 5.74) is 0.914. The largest absolute Gasteiger partial charge is 0.341 e. The molecule has 0 aliphatic heterocycles. The smallest absolute Gasteiger partial charge is 0.161 e. The van der Waals surface area contributed by atoms with Crippen LogP contribution in [0.4, 0.5) is 8.78 Å². The summed E-state index contributed by atoms with van der Waals surface area (Å²) in [5, 5.41) is 0. The molecule has 0 unspecified atom stereocenters. The summed E-state index contributed by atoms with van der Waals surface area (Å²) >= 11 is 0. The Bertz CT molecular complexity index is 555. The summed E-state index contributed by atoms with van der Waals surface area (Å²) in [6, 6.07) is 2.21. The molecule has 1 aromatic heterocycles. The molecule has 0 fully saturated rings. The second-order valence-corrected chi connectivity index (χ2v) is 4.24. The highest BCUT2D eigenvalue weighted by molar-refractivity contribution is 5.75. The average molecular weight is 263 g/mol. The van der Waals surface area contributed by atoms with Gasteiger partial charge in [-0.15, -0.1) is 13.2 Å². The van der Waals surface area contributed by atoms with Gasteiger partial charge in [0, 0.05) is 25.2 Å². The third kappa shape index (κ3) is 3.06. The predicted molar refractivity (Wildman–Crippen MR) is 71.7 cm³/mol. The van der Waals surface area contributed by atoms with Crippen molar-refractivity contribution in [2.24, 2.45) is 0 Å². The van der Waals surface area contributed by atoms with Crippen molar-refractivity contribution in [2.45, 2.75) is 6.54 Å². The third-order valence-electron chi connectivity index (χ3n) is 2.72. The van der Waals surface area contributed by atoms with E-state index in [0.29, 0.717) is 36.5 Å². The Morgan fingerprint density at radius 3 is 2.42 bits per heavy atom. The van der Waals surface area contributed by atoms with E-state index in [4.69, 9.17) is 0 Å². The van der Waals surface area contributed by atoms with E-state index in [-0.39, 0.29) is 0 Å². The first-order valence-corrected chi connectivity index (χ1v) is 5.92. The van der Waals surface area contributed by atoms with Crippen molar-refractivity contribution in [3.63, 3.8) is 0 Å². The zero-order valence-electron chi connectivity index (χ0n) is 10.5. The van der Waals surface area contributed by atoms with E-state index in [1.807, 2.05) is 4.90 Å². The van der Waals surface area contributed by atoms with Gasteiger partial charge >= 0.3 is 0 Å². The first-order chi connectivity index (χ1) is 9.13. The Balaban J connectivity index is 2.25. The molecule has 0 aliphatic carbocycles.